The predicted molar refractivity (Wildman–Crippen MR) is 94.7 cm³/mol. The first-order valence-electron chi connectivity index (χ1n) is 7.13. The highest BCUT2D eigenvalue weighted by Gasteiger charge is 2.10. The standard InChI is InChI=1S/C15H22ClN3O3S/c1-11-9-12(16)5-6-13(11)22-10-14(20)18-19(2)15(23)17-7-4-8-21-3/h5-6,9H,4,7-8,10H2,1-3H3,(H,17,23)(H,18,20). The maximum absolute atomic E-state index is 11.9. The van der Waals surface area contributed by atoms with E-state index in [-0.39, 0.29) is 12.5 Å². The summed E-state index contributed by atoms with van der Waals surface area (Å²) in [7, 11) is 3.31. The lowest BCUT2D eigenvalue weighted by Crippen LogP contribution is -2.49. The third-order valence-corrected chi connectivity index (χ3v) is 3.55. The lowest BCUT2D eigenvalue weighted by atomic mass is 10.2. The summed E-state index contributed by atoms with van der Waals surface area (Å²) in [5.74, 6) is 0.315. The fourth-order valence-electron chi connectivity index (χ4n) is 1.72. The zero-order valence-electron chi connectivity index (χ0n) is 13.5. The Labute approximate surface area is 147 Å². The van der Waals surface area contributed by atoms with E-state index in [1.54, 1.807) is 32.4 Å². The first-order chi connectivity index (χ1) is 10.9. The quantitative estimate of drug-likeness (QED) is 0.440. The van der Waals surface area contributed by atoms with Gasteiger partial charge in [0, 0.05) is 32.3 Å². The smallest absolute Gasteiger partial charge is 0.276 e. The lowest BCUT2D eigenvalue weighted by molar-refractivity contribution is -0.126. The second kappa shape index (κ2) is 10.3. The molecule has 0 bridgehead atoms. The van der Waals surface area contributed by atoms with Gasteiger partial charge in [0.05, 0.1) is 0 Å². The van der Waals surface area contributed by atoms with E-state index in [1.165, 1.54) is 5.01 Å². The summed E-state index contributed by atoms with van der Waals surface area (Å²) in [4.78, 5) is 11.9. The molecule has 0 spiro atoms. The molecule has 0 heterocycles. The van der Waals surface area contributed by atoms with Crippen molar-refractivity contribution in [1.29, 1.82) is 0 Å². The van der Waals surface area contributed by atoms with Gasteiger partial charge in [0.1, 0.15) is 5.75 Å². The fourth-order valence-corrected chi connectivity index (χ4v) is 2.09. The first-order valence-corrected chi connectivity index (χ1v) is 7.91. The molecule has 0 aromatic heterocycles. The van der Waals surface area contributed by atoms with Crippen LogP contribution in [0, 0.1) is 6.92 Å². The molecule has 1 amide bonds. The van der Waals surface area contributed by atoms with Crippen molar-refractivity contribution in [1.82, 2.24) is 15.8 Å². The molecule has 1 aromatic carbocycles. The Hall–Kier alpha value is -1.57. The summed E-state index contributed by atoms with van der Waals surface area (Å²) in [5.41, 5.74) is 3.50. The molecule has 0 aliphatic carbocycles. The summed E-state index contributed by atoms with van der Waals surface area (Å²) >= 11 is 11.0. The molecule has 0 fully saturated rings. The van der Waals surface area contributed by atoms with E-state index in [1.807, 2.05) is 6.92 Å². The van der Waals surface area contributed by atoms with Crippen molar-refractivity contribution in [3.63, 3.8) is 0 Å². The monoisotopic (exact) mass is 359 g/mol. The number of carbonyl (C=O) groups is 1. The molecule has 0 atom stereocenters. The molecule has 1 aromatic rings. The molecular formula is C15H22ClN3O3S. The van der Waals surface area contributed by atoms with Gasteiger partial charge in [-0.2, -0.15) is 0 Å². The third kappa shape index (κ3) is 7.49. The Balaban J connectivity index is 2.33. The maximum atomic E-state index is 11.9. The van der Waals surface area contributed by atoms with Gasteiger partial charge in [0.2, 0.25) is 0 Å². The number of aryl methyl sites for hydroxylation is 1. The Kier molecular flexibility index (Phi) is 8.68. The van der Waals surface area contributed by atoms with Crippen LogP contribution in [0.25, 0.3) is 0 Å². The molecule has 1 rings (SSSR count). The highest BCUT2D eigenvalue weighted by molar-refractivity contribution is 7.80. The summed E-state index contributed by atoms with van der Waals surface area (Å²) in [6.07, 6.45) is 0.831. The van der Waals surface area contributed by atoms with Gasteiger partial charge in [0.15, 0.2) is 11.7 Å². The van der Waals surface area contributed by atoms with Crippen LogP contribution < -0.4 is 15.5 Å². The second-order valence-corrected chi connectivity index (χ2v) is 5.69. The van der Waals surface area contributed by atoms with Gasteiger partial charge in [0.25, 0.3) is 5.91 Å². The number of carbonyl (C=O) groups excluding carboxylic acids is 1. The predicted octanol–water partition coefficient (Wildman–Crippen LogP) is 1.90. The minimum absolute atomic E-state index is 0.112. The molecule has 0 aliphatic rings. The highest BCUT2D eigenvalue weighted by Crippen LogP contribution is 2.21. The van der Waals surface area contributed by atoms with Crippen LogP contribution in [0.2, 0.25) is 5.02 Å². The SMILES string of the molecule is COCCCNC(=S)N(C)NC(=O)COc1ccc(Cl)cc1C. The maximum Gasteiger partial charge on any atom is 0.276 e. The normalized spacial score (nSPS) is 10.1. The average Bonchev–Trinajstić information content (AvgIpc) is 2.50. The number of halogens is 1. The molecule has 6 nitrogen and oxygen atoms in total. The van der Waals surface area contributed by atoms with E-state index in [2.05, 4.69) is 10.7 Å². The molecule has 0 radical (unpaired) electrons. The molecule has 0 aliphatic heterocycles. The second-order valence-electron chi connectivity index (χ2n) is 4.87. The number of amides is 1. The van der Waals surface area contributed by atoms with Gasteiger partial charge >= 0.3 is 0 Å². The minimum atomic E-state index is -0.303. The number of rotatable bonds is 7. The Bertz CT molecular complexity index is 543. The number of benzene rings is 1. The number of hydrazine groups is 1. The van der Waals surface area contributed by atoms with Crippen LogP contribution in [0.1, 0.15) is 12.0 Å². The van der Waals surface area contributed by atoms with E-state index in [4.69, 9.17) is 33.3 Å². The number of thiocarbonyl (C=S) groups is 1. The van der Waals surface area contributed by atoms with Crippen LogP contribution in [-0.4, -0.2) is 49.9 Å². The van der Waals surface area contributed by atoms with Crippen LogP contribution in [0.15, 0.2) is 18.2 Å². The van der Waals surface area contributed by atoms with Crippen molar-refractivity contribution >= 4 is 34.8 Å². The highest BCUT2D eigenvalue weighted by atomic mass is 35.5. The number of hydrogen-bond acceptors (Lipinski definition) is 4. The Morgan fingerprint density at radius 2 is 2.17 bits per heavy atom. The molecule has 8 heteroatoms. The number of methoxy groups -OCH3 is 1. The Morgan fingerprint density at radius 1 is 1.43 bits per heavy atom. The summed E-state index contributed by atoms with van der Waals surface area (Å²) < 4.78 is 10.4. The van der Waals surface area contributed by atoms with Gasteiger partial charge in [-0.1, -0.05) is 11.6 Å². The van der Waals surface area contributed by atoms with Gasteiger partial charge < -0.3 is 14.8 Å². The molecule has 2 N–H and O–H groups in total. The average molecular weight is 360 g/mol. The number of nitrogens with one attached hydrogen (secondary N) is 2. The van der Waals surface area contributed by atoms with Crippen LogP contribution in [-0.2, 0) is 9.53 Å². The summed E-state index contributed by atoms with van der Waals surface area (Å²) in [6, 6.07) is 5.23. The van der Waals surface area contributed by atoms with E-state index in [9.17, 15) is 4.79 Å². The van der Waals surface area contributed by atoms with E-state index < -0.39 is 0 Å². The molecule has 0 unspecified atom stereocenters. The van der Waals surface area contributed by atoms with Crippen LogP contribution in [0.4, 0.5) is 0 Å². The number of hydrogen-bond donors (Lipinski definition) is 2. The first kappa shape index (κ1) is 19.5. The van der Waals surface area contributed by atoms with Crippen molar-refractivity contribution in [3.05, 3.63) is 28.8 Å². The zero-order chi connectivity index (χ0) is 17.2. The minimum Gasteiger partial charge on any atom is -0.483 e. The van der Waals surface area contributed by atoms with Crippen molar-refractivity contribution in [2.24, 2.45) is 0 Å². The van der Waals surface area contributed by atoms with Crippen molar-refractivity contribution in [2.45, 2.75) is 13.3 Å². The Morgan fingerprint density at radius 3 is 2.83 bits per heavy atom. The molecule has 0 saturated carbocycles. The topological polar surface area (TPSA) is 62.8 Å². The lowest BCUT2D eigenvalue weighted by Gasteiger charge is -2.21. The van der Waals surface area contributed by atoms with Gasteiger partial charge in [-0.25, -0.2) is 0 Å². The fraction of sp³-hybridized carbons (Fsp3) is 0.467. The van der Waals surface area contributed by atoms with E-state index in [0.29, 0.717) is 29.0 Å². The molecule has 23 heavy (non-hydrogen) atoms. The summed E-state index contributed by atoms with van der Waals surface area (Å²) in [6.45, 7) is 3.08. The number of ether oxygens (including phenoxy) is 2. The van der Waals surface area contributed by atoms with Crippen molar-refractivity contribution < 1.29 is 14.3 Å². The van der Waals surface area contributed by atoms with Gasteiger partial charge in [-0.05, 0) is 49.3 Å². The van der Waals surface area contributed by atoms with Crippen molar-refractivity contribution in [2.75, 3.05) is 33.9 Å². The van der Waals surface area contributed by atoms with Gasteiger partial charge in [-0.3, -0.25) is 15.2 Å². The largest absolute Gasteiger partial charge is 0.483 e. The van der Waals surface area contributed by atoms with Crippen molar-refractivity contribution in [3.8, 4) is 5.75 Å². The van der Waals surface area contributed by atoms with Crippen LogP contribution in [0.5, 0.6) is 5.75 Å². The number of nitrogens with zero attached hydrogens (tertiary/aromatic N) is 1. The van der Waals surface area contributed by atoms with E-state index in [0.717, 1.165) is 12.0 Å². The molecule has 128 valence electrons. The zero-order valence-corrected chi connectivity index (χ0v) is 15.1. The van der Waals surface area contributed by atoms with Crippen LogP contribution in [0.3, 0.4) is 0 Å². The molecular weight excluding hydrogens is 338 g/mol. The van der Waals surface area contributed by atoms with E-state index >= 15 is 0 Å². The third-order valence-electron chi connectivity index (χ3n) is 2.89. The van der Waals surface area contributed by atoms with Gasteiger partial charge in [-0.15, -0.1) is 0 Å². The summed E-state index contributed by atoms with van der Waals surface area (Å²) in [5, 5.41) is 5.52. The van der Waals surface area contributed by atoms with Crippen LogP contribution >= 0.6 is 23.8 Å². The molecule has 0 saturated heterocycles.